The zero-order valence-corrected chi connectivity index (χ0v) is 22.2. The molecule has 0 aliphatic heterocycles. The molecule has 2 unspecified atom stereocenters. The smallest absolute Gasteiger partial charge is 0.748 e. The van der Waals surface area contributed by atoms with Crippen molar-refractivity contribution in [3.05, 3.63) is 0 Å². The third kappa shape index (κ3) is 20.6. The van der Waals surface area contributed by atoms with E-state index in [1.165, 1.54) is 32.1 Å². The number of aliphatic hydroxyl groups is 1. The van der Waals surface area contributed by atoms with E-state index in [1.807, 2.05) is 0 Å². The molecular weight excluding hydrogens is 387 g/mol. The van der Waals surface area contributed by atoms with Gasteiger partial charge in [0.2, 0.25) is 0 Å². The van der Waals surface area contributed by atoms with Gasteiger partial charge in [0.1, 0.15) is 0 Å². The summed E-state index contributed by atoms with van der Waals surface area (Å²) in [7, 11) is -4.17. The maximum Gasteiger partial charge on any atom is 1.00 e. The summed E-state index contributed by atoms with van der Waals surface area (Å²) in [5.74, 6) is 0. The second-order valence-corrected chi connectivity index (χ2v) is 9.46. The van der Waals surface area contributed by atoms with Crippen LogP contribution in [0.1, 0.15) is 123 Å². The van der Waals surface area contributed by atoms with E-state index in [-0.39, 0.29) is 57.5 Å². The molecule has 0 bridgehead atoms. The van der Waals surface area contributed by atoms with E-state index in [4.69, 9.17) is 0 Å². The van der Waals surface area contributed by atoms with E-state index in [1.54, 1.807) is 0 Å². The van der Waals surface area contributed by atoms with Crippen LogP contribution in [-0.2, 0) is 10.1 Å². The number of aliphatic hydroxyl groups excluding tert-OH is 1. The molecule has 0 rings (SSSR count). The van der Waals surface area contributed by atoms with Gasteiger partial charge in [-0.1, -0.05) is 97.3 Å². The Morgan fingerprint density at radius 2 is 1.07 bits per heavy atom. The first-order valence-electron chi connectivity index (χ1n) is 11.0. The fraction of sp³-hybridized carbons (Fsp3) is 1.00. The summed E-state index contributed by atoms with van der Waals surface area (Å²) < 4.78 is 34.4. The van der Waals surface area contributed by atoms with Gasteiger partial charge >= 0.3 is 51.4 Å². The Hall–Kier alpha value is 1.51. The predicted octanol–water partition coefficient (Wildman–Crippen LogP) is 2.94. The van der Waals surface area contributed by atoms with Gasteiger partial charge in [-0.3, -0.25) is 0 Å². The van der Waals surface area contributed by atoms with Crippen molar-refractivity contribution in [2.24, 2.45) is 0 Å². The molecule has 0 saturated carbocycles. The van der Waals surface area contributed by atoms with E-state index in [9.17, 15) is 18.1 Å². The van der Waals surface area contributed by atoms with E-state index in [0.717, 1.165) is 64.2 Å². The summed E-state index contributed by atoms with van der Waals surface area (Å²) in [5.41, 5.74) is 0. The standard InChI is InChI=1S/C21H44O4S.K/c1-3-5-6-7-8-9-10-14-18-21(26(23,24)25)19-15-12-11-13-17-20(22)16-4-2;/h20-22H,3-19H2,1-2H3,(H,23,24,25);/q;+1/p-1. The third-order valence-electron chi connectivity index (χ3n) is 5.22. The van der Waals surface area contributed by atoms with Gasteiger partial charge in [-0.05, 0) is 25.7 Å². The van der Waals surface area contributed by atoms with Crippen LogP contribution in [0.2, 0.25) is 0 Å². The molecule has 158 valence electrons. The number of rotatable bonds is 19. The average Bonchev–Trinajstić information content (AvgIpc) is 2.57. The minimum atomic E-state index is -4.17. The Bertz CT molecular complexity index is 401. The summed E-state index contributed by atoms with van der Waals surface area (Å²) in [6, 6.07) is 0. The van der Waals surface area contributed by atoms with Crippen molar-refractivity contribution in [1.29, 1.82) is 0 Å². The van der Waals surface area contributed by atoms with Crippen LogP contribution in [0.25, 0.3) is 0 Å². The first-order chi connectivity index (χ1) is 12.4. The molecule has 4 nitrogen and oxygen atoms in total. The van der Waals surface area contributed by atoms with Crippen LogP contribution in [0.4, 0.5) is 0 Å². The predicted molar refractivity (Wildman–Crippen MR) is 109 cm³/mol. The molecule has 0 spiro atoms. The second kappa shape index (κ2) is 20.8. The Labute approximate surface area is 211 Å². The van der Waals surface area contributed by atoms with Crippen LogP contribution < -0.4 is 51.4 Å². The maximum absolute atomic E-state index is 11.5. The van der Waals surface area contributed by atoms with Crippen molar-refractivity contribution in [2.75, 3.05) is 0 Å². The van der Waals surface area contributed by atoms with Crippen LogP contribution in [0.3, 0.4) is 0 Å². The molecule has 27 heavy (non-hydrogen) atoms. The molecule has 0 aromatic rings. The molecule has 0 aromatic heterocycles. The zero-order valence-electron chi connectivity index (χ0n) is 18.3. The van der Waals surface area contributed by atoms with E-state index in [2.05, 4.69) is 13.8 Å². The van der Waals surface area contributed by atoms with Crippen LogP contribution in [0.15, 0.2) is 0 Å². The van der Waals surface area contributed by atoms with Crippen molar-refractivity contribution in [3.8, 4) is 0 Å². The van der Waals surface area contributed by atoms with Gasteiger partial charge < -0.3 is 9.66 Å². The minimum Gasteiger partial charge on any atom is -0.748 e. The van der Waals surface area contributed by atoms with Gasteiger partial charge in [0.25, 0.3) is 0 Å². The molecule has 0 fully saturated rings. The van der Waals surface area contributed by atoms with Gasteiger partial charge in [-0.25, -0.2) is 8.42 Å². The molecule has 0 aliphatic rings. The van der Waals surface area contributed by atoms with E-state index in [0.29, 0.717) is 12.8 Å². The van der Waals surface area contributed by atoms with Crippen LogP contribution in [0, 0.1) is 0 Å². The summed E-state index contributed by atoms with van der Waals surface area (Å²) in [5, 5.41) is 8.98. The number of hydrogen-bond acceptors (Lipinski definition) is 4. The van der Waals surface area contributed by atoms with Crippen molar-refractivity contribution in [2.45, 2.75) is 134 Å². The molecule has 0 radical (unpaired) electrons. The molecule has 0 saturated heterocycles. The summed E-state index contributed by atoms with van der Waals surface area (Å²) in [6.45, 7) is 4.28. The molecular formula is C21H43KO4S. The first-order valence-corrected chi connectivity index (χ1v) is 12.5. The third-order valence-corrected chi connectivity index (χ3v) is 6.51. The van der Waals surface area contributed by atoms with Crippen LogP contribution in [-0.4, -0.2) is 29.4 Å². The molecule has 0 heterocycles. The van der Waals surface area contributed by atoms with Crippen molar-refractivity contribution in [1.82, 2.24) is 0 Å². The molecule has 2 atom stereocenters. The van der Waals surface area contributed by atoms with Gasteiger partial charge in [0, 0.05) is 5.25 Å². The molecule has 1 N–H and O–H groups in total. The van der Waals surface area contributed by atoms with Gasteiger partial charge in [-0.15, -0.1) is 0 Å². The topological polar surface area (TPSA) is 77.4 Å². The molecule has 0 aliphatic carbocycles. The van der Waals surface area contributed by atoms with Crippen LogP contribution >= 0.6 is 0 Å². The van der Waals surface area contributed by atoms with Crippen molar-refractivity contribution >= 4 is 10.1 Å². The Balaban J connectivity index is 0. The van der Waals surface area contributed by atoms with Crippen molar-refractivity contribution < 1.29 is 69.5 Å². The Kier molecular flexibility index (Phi) is 23.6. The quantitative estimate of drug-likeness (QED) is 0.194. The monoisotopic (exact) mass is 430 g/mol. The SMILES string of the molecule is CCCCCCCCCCC(CCCCCCC(O)CCC)S(=O)(=O)[O-].[K+]. The largest absolute Gasteiger partial charge is 1.00 e. The summed E-state index contributed by atoms with van der Waals surface area (Å²) in [6.07, 6.45) is 16.6. The maximum atomic E-state index is 11.5. The van der Waals surface area contributed by atoms with E-state index < -0.39 is 15.4 Å². The molecule has 6 heteroatoms. The Morgan fingerprint density at radius 1 is 0.667 bits per heavy atom. The zero-order chi connectivity index (χ0) is 19.7. The summed E-state index contributed by atoms with van der Waals surface area (Å²) in [4.78, 5) is 0. The minimum absolute atomic E-state index is 0. The number of hydrogen-bond donors (Lipinski definition) is 1. The fourth-order valence-electron chi connectivity index (χ4n) is 3.52. The van der Waals surface area contributed by atoms with E-state index >= 15 is 0 Å². The van der Waals surface area contributed by atoms with Crippen molar-refractivity contribution in [3.63, 3.8) is 0 Å². The van der Waals surface area contributed by atoms with Crippen LogP contribution in [0.5, 0.6) is 0 Å². The van der Waals surface area contributed by atoms with Gasteiger partial charge in [0.15, 0.2) is 0 Å². The van der Waals surface area contributed by atoms with Gasteiger partial charge in [0.05, 0.1) is 16.2 Å². The Morgan fingerprint density at radius 3 is 1.48 bits per heavy atom. The summed E-state index contributed by atoms with van der Waals surface area (Å²) >= 11 is 0. The fourth-order valence-corrected chi connectivity index (χ4v) is 4.43. The first kappa shape index (κ1) is 30.7. The van der Waals surface area contributed by atoms with Gasteiger partial charge in [-0.2, -0.15) is 0 Å². The molecule has 0 amide bonds. The number of unbranched alkanes of at least 4 members (excludes halogenated alkanes) is 10. The molecule has 0 aromatic carbocycles. The normalized spacial score (nSPS) is 13.9. The average molecular weight is 431 g/mol. The second-order valence-electron chi connectivity index (χ2n) is 7.81.